The van der Waals surface area contributed by atoms with Crippen molar-refractivity contribution in [3.63, 3.8) is 0 Å². The van der Waals surface area contributed by atoms with Crippen molar-refractivity contribution >= 4 is 10.0 Å². The zero-order chi connectivity index (χ0) is 10.1. The summed E-state index contributed by atoms with van der Waals surface area (Å²) in [4.78, 5) is 2.53. The maximum Gasteiger partial charge on any atom is 0.303 e. The minimum Gasteiger partial charge on any atom is -0.402 e. The first kappa shape index (κ1) is 13.1. The van der Waals surface area contributed by atoms with Gasteiger partial charge in [-0.1, -0.05) is 0 Å². The summed E-state index contributed by atoms with van der Waals surface area (Å²) >= 11 is 0. The minimum absolute atomic E-state index is 0.568. The first-order chi connectivity index (χ1) is 6.22. The van der Waals surface area contributed by atoms with Crippen LogP contribution in [0.4, 0.5) is 0 Å². The van der Waals surface area contributed by atoms with Gasteiger partial charge >= 0.3 is 10.0 Å². The van der Waals surface area contributed by atoms with Gasteiger partial charge in [-0.25, -0.2) is 0 Å². The van der Waals surface area contributed by atoms with Gasteiger partial charge in [0, 0.05) is 20.3 Å². The summed E-state index contributed by atoms with van der Waals surface area (Å²) < 4.78 is 9.22. The molecule has 0 unspecified atom stereocenters. The first-order valence-electron chi connectivity index (χ1n) is 4.94. The molecule has 80 valence electrons. The highest BCUT2D eigenvalue weighted by Crippen LogP contribution is 2.09. The van der Waals surface area contributed by atoms with Gasteiger partial charge in [-0.3, -0.25) is 0 Å². The van der Waals surface area contributed by atoms with E-state index in [1.54, 1.807) is 14.2 Å². The quantitative estimate of drug-likeness (QED) is 0.635. The van der Waals surface area contributed by atoms with E-state index in [1.807, 2.05) is 0 Å². The lowest BCUT2D eigenvalue weighted by Gasteiger charge is -2.18. The molecular formula is C9H23NO2Si. The number of likely N-dealkylation sites (tertiary alicyclic amines) is 1. The Labute approximate surface area is 84.5 Å². The Morgan fingerprint density at radius 3 is 1.69 bits per heavy atom. The van der Waals surface area contributed by atoms with Crippen LogP contribution in [0.3, 0.4) is 0 Å². The van der Waals surface area contributed by atoms with Gasteiger partial charge in [0.15, 0.2) is 0 Å². The molecule has 0 N–H and O–H groups in total. The van der Waals surface area contributed by atoms with E-state index in [0.717, 1.165) is 6.04 Å². The zero-order valence-electron chi connectivity index (χ0n) is 9.38. The molecule has 1 fully saturated rings. The summed E-state index contributed by atoms with van der Waals surface area (Å²) in [7, 11) is 2.73. The molecule has 0 aromatic rings. The van der Waals surface area contributed by atoms with E-state index in [2.05, 4.69) is 27.6 Å². The van der Waals surface area contributed by atoms with Gasteiger partial charge in [0.1, 0.15) is 0 Å². The van der Waals surface area contributed by atoms with Gasteiger partial charge in [-0.2, -0.15) is 0 Å². The van der Waals surface area contributed by atoms with Crippen molar-refractivity contribution in [2.24, 2.45) is 0 Å². The predicted molar refractivity (Wildman–Crippen MR) is 58.5 cm³/mol. The molecule has 1 aliphatic heterocycles. The molecule has 0 aromatic carbocycles. The molecule has 4 heteroatoms. The average Bonchev–Trinajstić information content (AvgIpc) is 2.58. The highest BCUT2D eigenvalue weighted by molar-refractivity contribution is 6.17. The number of nitrogens with zero attached hydrogens (tertiary/aromatic N) is 1. The van der Waals surface area contributed by atoms with Gasteiger partial charge in [0.05, 0.1) is 0 Å². The van der Waals surface area contributed by atoms with Crippen LogP contribution in [0, 0.1) is 0 Å². The Morgan fingerprint density at radius 2 is 1.54 bits per heavy atom. The lowest BCUT2D eigenvalue weighted by molar-refractivity contribution is 0.276. The van der Waals surface area contributed by atoms with Crippen molar-refractivity contribution in [2.75, 3.05) is 27.3 Å². The van der Waals surface area contributed by atoms with Crippen molar-refractivity contribution in [1.82, 2.24) is 4.90 Å². The Hall–Kier alpha value is 0.0969. The van der Waals surface area contributed by atoms with E-state index in [0.29, 0.717) is 0 Å². The molecule has 1 rings (SSSR count). The van der Waals surface area contributed by atoms with Crippen molar-refractivity contribution < 1.29 is 8.85 Å². The Bertz CT molecular complexity index is 104. The third kappa shape index (κ3) is 7.19. The van der Waals surface area contributed by atoms with Crippen LogP contribution in [0.1, 0.15) is 26.7 Å². The van der Waals surface area contributed by atoms with Crippen LogP contribution in [-0.4, -0.2) is 48.3 Å². The van der Waals surface area contributed by atoms with E-state index in [1.165, 1.54) is 25.9 Å². The van der Waals surface area contributed by atoms with Crippen LogP contribution < -0.4 is 0 Å². The Balaban J connectivity index is 0.000000252. The molecule has 0 saturated carbocycles. The molecule has 0 radical (unpaired) electrons. The smallest absolute Gasteiger partial charge is 0.303 e. The third-order valence-corrected chi connectivity index (χ3v) is 2.58. The van der Waals surface area contributed by atoms with Gasteiger partial charge in [0.2, 0.25) is 0 Å². The van der Waals surface area contributed by atoms with Gasteiger partial charge < -0.3 is 13.8 Å². The van der Waals surface area contributed by atoms with Crippen LogP contribution in [-0.2, 0) is 8.85 Å². The second kappa shape index (κ2) is 8.68. The molecule has 0 aliphatic carbocycles. The monoisotopic (exact) mass is 205 g/mol. The number of rotatable bonds is 3. The van der Waals surface area contributed by atoms with Crippen molar-refractivity contribution in [1.29, 1.82) is 0 Å². The fourth-order valence-corrected chi connectivity index (χ4v) is 1.61. The van der Waals surface area contributed by atoms with Gasteiger partial charge in [-0.05, 0) is 39.8 Å². The fourth-order valence-electron chi connectivity index (χ4n) is 1.38. The molecule has 0 bridgehead atoms. The molecule has 3 nitrogen and oxygen atoms in total. The van der Waals surface area contributed by atoms with E-state index in [4.69, 9.17) is 0 Å². The van der Waals surface area contributed by atoms with E-state index < -0.39 is 10.0 Å². The molecule has 13 heavy (non-hydrogen) atoms. The first-order valence-corrected chi connectivity index (χ1v) is 6.09. The molecule has 0 spiro atoms. The molecule has 1 heterocycles. The van der Waals surface area contributed by atoms with E-state index >= 15 is 0 Å². The van der Waals surface area contributed by atoms with Crippen LogP contribution in [0.2, 0.25) is 0 Å². The van der Waals surface area contributed by atoms with Crippen LogP contribution in [0.15, 0.2) is 0 Å². The largest absolute Gasteiger partial charge is 0.402 e. The summed E-state index contributed by atoms with van der Waals surface area (Å²) in [6, 6.07) is 0.775. The minimum atomic E-state index is -0.568. The summed E-state index contributed by atoms with van der Waals surface area (Å²) in [5, 5.41) is 0. The second-order valence-corrected chi connectivity index (χ2v) is 4.92. The SMILES string of the molecule is CC(C)N1CCCC1.CO[SiH2]OC. The van der Waals surface area contributed by atoms with Crippen molar-refractivity contribution in [3.05, 3.63) is 0 Å². The lowest BCUT2D eigenvalue weighted by Crippen LogP contribution is -2.26. The maximum absolute atomic E-state index is 4.61. The fraction of sp³-hybridized carbons (Fsp3) is 1.00. The number of hydrogen-bond acceptors (Lipinski definition) is 3. The van der Waals surface area contributed by atoms with Crippen molar-refractivity contribution in [3.8, 4) is 0 Å². The highest BCUT2D eigenvalue weighted by atomic mass is 28.3. The summed E-state index contributed by atoms with van der Waals surface area (Å²) in [5.74, 6) is 0. The van der Waals surface area contributed by atoms with Gasteiger partial charge in [0.25, 0.3) is 0 Å². The summed E-state index contributed by atoms with van der Waals surface area (Å²) in [6.07, 6.45) is 2.83. The van der Waals surface area contributed by atoms with Crippen molar-refractivity contribution in [2.45, 2.75) is 32.7 Å². The predicted octanol–water partition coefficient (Wildman–Crippen LogP) is 0.769. The zero-order valence-corrected chi connectivity index (χ0v) is 10.8. The van der Waals surface area contributed by atoms with Crippen LogP contribution in [0.25, 0.3) is 0 Å². The molecule has 0 amide bonds. The molecule has 0 atom stereocenters. The number of hydrogen-bond donors (Lipinski definition) is 0. The summed E-state index contributed by atoms with van der Waals surface area (Å²) in [5.41, 5.74) is 0. The summed E-state index contributed by atoms with van der Waals surface area (Å²) in [6.45, 7) is 7.20. The normalized spacial score (nSPS) is 17.3. The standard InChI is InChI=1S/C7H15N.C2H8O2Si/c1-7(2)8-5-3-4-6-8;1-3-5-4-2/h7H,3-6H2,1-2H3;5H2,1-2H3. The lowest BCUT2D eigenvalue weighted by atomic mass is 10.3. The molecule has 1 aliphatic rings. The topological polar surface area (TPSA) is 21.7 Å². The van der Waals surface area contributed by atoms with Crippen LogP contribution in [0.5, 0.6) is 0 Å². The molecular weight excluding hydrogens is 182 g/mol. The van der Waals surface area contributed by atoms with E-state index in [-0.39, 0.29) is 0 Å². The Kier molecular flexibility index (Phi) is 8.75. The maximum atomic E-state index is 4.61. The van der Waals surface area contributed by atoms with E-state index in [9.17, 15) is 0 Å². The highest BCUT2D eigenvalue weighted by Gasteiger charge is 2.13. The average molecular weight is 205 g/mol. The molecule has 0 aromatic heterocycles. The van der Waals surface area contributed by atoms with Crippen LogP contribution >= 0.6 is 0 Å². The second-order valence-electron chi connectivity index (χ2n) is 3.53. The van der Waals surface area contributed by atoms with Gasteiger partial charge in [-0.15, -0.1) is 0 Å². The Morgan fingerprint density at radius 1 is 1.08 bits per heavy atom. The third-order valence-electron chi connectivity index (χ3n) is 2.11. The molecule has 1 saturated heterocycles.